The van der Waals surface area contributed by atoms with E-state index < -0.39 is 0 Å². The Bertz CT molecular complexity index is 448. The number of likely N-dealkylation sites (tertiary alicyclic amines) is 1. The third-order valence-electron chi connectivity index (χ3n) is 3.72. The van der Waals surface area contributed by atoms with Crippen LogP contribution in [0.25, 0.3) is 0 Å². The van der Waals surface area contributed by atoms with Gasteiger partial charge in [-0.25, -0.2) is 4.79 Å². The highest BCUT2D eigenvalue weighted by Gasteiger charge is 2.22. The highest BCUT2D eigenvalue weighted by Crippen LogP contribution is 2.17. The predicted molar refractivity (Wildman–Crippen MR) is 79.9 cm³/mol. The first-order valence-electron chi connectivity index (χ1n) is 7.47. The lowest BCUT2D eigenvalue weighted by atomic mass is 10.0. The monoisotopic (exact) mass is 276 g/mol. The summed E-state index contributed by atoms with van der Waals surface area (Å²) >= 11 is 0. The Hall–Kier alpha value is -1.71. The highest BCUT2D eigenvalue weighted by molar-refractivity contribution is 5.74. The first-order chi connectivity index (χ1) is 9.70. The largest absolute Gasteiger partial charge is 0.494 e. The summed E-state index contributed by atoms with van der Waals surface area (Å²) in [5.74, 6) is 0.852. The van der Waals surface area contributed by atoms with Crippen LogP contribution in [0.3, 0.4) is 0 Å². The average molecular weight is 276 g/mol. The third kappa shape index (κ3) is 3.89. The molecule has 1 atom stereocenters. The minimum absolute atomic E-state index is 0.0408. The number of rotatable bonds is 4. The van der Waals surface area contributed by atoms with Crippen LogP contribution in [-0.4, -0.2) is 30.1 Å². The molecular formula is C16H24N2O2. The van der Waals surface area contributed by atoms with Gasteiger partial charge in [-0.2, -0.15) is 0 Å². The summed E-state index contributed by atoms with van der Waals surface area (Å²) < 4.78 is 5.46. The van der Waals surface area contributed by atoms with E-state index in [1.165, 1.54) is 6.42 Å². The lowest BCUT2D eigenvalue weighted by Crippen LogP contribution is -2.47. The van der Waals surface area contributed by atoms with Gasteiger partial charge in [0.15, 0.2) is 0 Å². The Balaban J connectivity index is 1.87. The molecule has 0 spiro atoms. The van der Waals surface area contributed by atoms with Crippen LogP contribution in [0.15, 0.2) is 24.3 Å². The van der Waals surface area contributed by atoms with Crippen molar-refractivity contribution < 1.29 is 9.53 Å². The number of carbonyl (C=O) groups is 1. The fourth-order valence-corrected chi connectivity index (χ4v) is 2.59. The first-order valence-corrected chi connectivity index (χ1v) is 7.47. The van der Waals surface area contributed by atoms with E-state index in [-0.39, 0.29) is 6.03 Å². The van der Waals surface area contributed by atoms with E-state index in [4.69, 9.17) is 4.74 Å². The molecule has 0 saturated carbocycles. The molecule has 0 radical (unpaired) electrons. The number of hydrogen-bond acceptors (Lipinski definition) is 2. The number of hydrogen-bond donors (Lipinski definition) is 1. The van der Waals surface area contributed by atoms with Crippen molar-refractivity contribution in [1.82, 2.24) is 10.2 Å². The standard InChI is InChI=1S/C16H24N2O2/c1-3-20-15-9-6-8-14(11-15)12-17-16(19)18-10-5-4-7-13(18)2/h6,8-9,11,13H,3-5,7,10,12H2,1-2H3,(H,17,19)/t13-/m1/s1. The van der Waals surface area contributed by atoms with Gasteiger partial charge in [-0.05, 0) is 50.8 Å². The second-order valence-corrected chi connectivity index (χ2v) is 5.28. The summed E-state index contributed by atoms with van der Waals surface area (Å²) in [6, 6.07) is 8.25. The van der Waals surface area contributed by atoms with Crippen LogP contribution in [-0.2, 0) is 6.54 Å². The lowest BCUT2D eigenvalue weighted by molar-refractivity contribution is 0.158. The molecule has 1 aromatic carbocycles. The predicted octanol–water partition coefficient (Wildman–Crippen LogP) is 3.17. The summed E-state index contributed by atoms with van der Waals surface area (Å²) in [4.78, 5) is 14.1. The summed E-state index contributed by atoms with van der Waals surface area (Å²) in [5.41, 5.74) is 1.06. The maximum atomic E-state index is 12.2. The van der Waals surface area contributed by atoms with Crippen LogP contribution in [0.4, 0.5) is 4.79 Å². The van der Waals surface area contributed by atoms with Crippen LogP contribution >= 0.6 is 0 Å². The zero-order valence-electron chi connectivity index (χ0n) is 12.4. The molecule has 0 unspecified atom stereocenters. The van der Waals surface area contributed by atoms with Gasteiger partial charge >= 0.3 is 6.03 Å². The molecule has 20 heavy (non-hydrogen) atoms. The molecule has 1 aliphatic heterocycles. The molecule has 1 heterocycles. The van der Waals surface area contributed by atoms with Crippen molar-refractivity contribution in [3.8, 4) is 5.75 Å². The quantitative estimate of drug-likeness (QED) is 0.917. The SMILES string of the molecule is CCOc1cccc(CNC(=O)N2CCCC[C@H]2C)c1. The topological polar surface area (TPSA) is 41.6 Å². The maximum absolute atomic E-state index is 12.2. The smallest absolute Gasteiger partial charge is 0.317 e. The summed E-state index contributed by atoms with van der Waals surface area (Å²) in [6.45, 7) is 6.15. The van der Waals surface area contributed by atoms with Crippen molar-refractivity contribution >= 4 is 6.03 Å². The minimum atomic E-state index is 0.0408. The average Bonchev–Trinajstić information content (AvgIpc) is 2.46. The number of benzene rings is 1. The van der Waals surface area contributed by atoms with Crippen LogP contribution < -0.4 is 10.1 Å². The Morgan fingerprint density at radius 1 is 1.45 bits per heavy atom. The number of nitrogens with one attached hydrogen (secondary N) is 1. The van der Waals surface area contributed by atoms with Crippen LogP contribution in [0.2, 0.25) is 0 Å². The molecule has 110 valence electrons. The minimum Gasteiger partial charge on any atom is -0.494 e. The summed E-state index contributed by atoms with van der Waals surface area (Å²) in [6.07, 6.45) is 3.44. The number of carbonyl (C=O) groups excluding carboxylic acids is 1. The molecule has 2 amide bonds. The molecule has 1 fully saturated rings. The van der Waals surface area contributed by atoms with Crippen molar-refractivity contribution in [3.05, 3.63) is 29.8 Å². The lowest BCUT2D eigenvalue weighted by Gasteiger charge is -2.33. The fraction of sp³-hybridized carbons (Fsp3) is 0.562. The van der Waals surface area contributed by atoms with Crippen LogP contribution in [0, 0.1) is 0 Å². The van der Waals surface area contributed by atoms with E-state index in [2.05, 4.69) is 12.2 Å². The van der Waals surface area contributed by atoms with Gasteiger partial charge < -0.3 is 15.0 Å². The van der Waals surface area contributed by atoms with Gasteiger partial charge in [0, 0.05) is 19.1 Å². The molecule has 1 aromatic rings. The zero-order valence-corrected chi connectivity index (χ0v) is 12.4. The maximum Gasteiger partial charge on any atom is 0.317 e. The number of nitrogens with zero attached hydrogens (tertiary/aromatic N) is 1. The van der Waals surface area contributed by atoms with Gasteiger partial charge in [-0.15, -0.1) is 0 Å². The van der Waals surface area contributed by atoms with Crippen LogP contribution in [0.1, 0.15) is 38.7 Å². The normalized spacial score (nSPS) is 18.7. The Morgan fingerprint density at radius 2 is 2.30 bits per heavy atom. The highest BCUT2D eigenvalue weighted by atomic mass is 16.5. The van der Waals surface area contributed by atoms with Crippen molar-refractivity contribution in [2.45, 2.75) is 45.7 Å². The molecule has 1 aliphatic rings. The number of urea groups is 1. The van der Waals surface area contributed by atoms with Gasteiger partial charge in [-0.3, -0.25) is 0 Å². The van der Waals surface area contributed by atoms with E-state index in [0.29, 0.717) is 19.2 Å². The molecule has 1 N–H and O–H groups in total. The molecule has 4 heteroatoms. The van der Waals surface area contributed by atoms with Crippen molar-refractivity contribution in [1.29, 1.82) is 0 Å². The van der Waals surface area contributed by atoms with Gasteiger partial charge in [0.1, 0.15) is 5.75 Å². The Labute approximate surface area is 121 Å². The second-order valence-electron chi connectivity index (χ2n) is 5.28. The van der Waals surface area contributed by atoms with E-state index >= 15 is 0 Å². The Morgan fingerprint density at radius 3 is 3.05 bits per heavy atom. The molecule has 1 saturated heterocycles. The van der Waals surface area contributed by atoms with Gasteiger partial charge in [0.05, 0.1) is 6.61 Å². The van der Waals surface area contributed by atoms with Crippen molar-refractivity contribution in [2.75, 3.05) is 13.2 Å². The summed E-state index contributed by atoms with van der Waals surface area (Å²) in [5, 5.41) is 3.00. The van der Waals surface area contributed by atoms with Crippen molar-refractivity contribution in [2.24, 2.45) is 0 Å². The van der Waals surface area contributed by atoms with E-state index in [9.17, 15) is 4.79 Å². The van der Waals surface area contributed by atoms with Gasteiger partial charge in [0.2, 0.25) is 0 Å². The number of ether oxygens (including phenoxy) is 1. The summed E-state index contributed by atoms with van der Waals surface area (Å²) in [7, 11) is 0. The molecular weight excluding hydrogens is 252 g/mol. The van der Waals surface area contributed by atoms with Crippen LogP contribution in [0.5, 0.6) is 5.75 Å². The third-order valence-corrected chi connectivity index (χ3v) is 3.72. The molecule has 0 aromatic heterocycles. The Kier molecular flexibility index (Phi) is 5.27. The second kappa shape index (κ2) is 7.17. The van der Waals surface area contributed by atoms with Gasteiger partial charge in [-0.1, -0.05) is 12.1 Å². The van der Waals surface area contributed by atoms with Crippen molar-refractivity contribution in [3.63, 3.8) is 0 Å². The van der Waals surface area contributed by atoms with E-state index in [1.807, 2.05) is 36.1 Å². The molecule has 2 rings (SSSR count). The molecule has 0 bridgehead atoms. The number of piperidine rings is 1. The zero-order chi connectivity index (χ0) is 14.4. The molecule has 0 aliphatic carbocycles. The van der Waals surface area contributed by atoms with E-state index in [1.54, 1.807) is 0 Å². The molecule has 4 nitrogen and oxygen atoms in total. The van der Waals surface area contributed by atoms with Gasteiger partial charge in [0.25, 0.3) is 0 Å². The first kappa shape index (κ1) is 14.7. The fourth-order valence-electron chi connectivity index (χ4n) is 2.59. The van der Waals surface area contributed by atoms with E-state index in [0.717, 1.165) is 30.7 Å². The number of amides is 2.